The molecule has 1 aromatic carbocycles. The fourth-order valence-electron chi connectivity index (χ4n) is 1.97. The number of nitrogens with two attached hydrogens (primary N) is 1. The minimum atomic E-state index is -0.975. The van der Waals surface area contributed by atoms with Gasteiger partial charge in [-0.05, 0) is 54.8 Å². The first kappa shape index (κ1) is 14.6. The van der Waals surface area contributed by atoms with E-state index in [1.165, 1.54) is 6.20 Å². The van der Waals surface area contributed by atoms with Crippen LogP contribution < -0.4 is 10.5 Å². The summed E-state index contributed by atoms with van der Waals surface area (Å²) in [7, 11) is 0. The third-order valence-electron chi connectivity index (χ3n) is 2.87. The van der Waals surface area contributed by atoms with Crippen molar-refractivity contribution in [2.24, 2.45) is 0 Å². The maximum atomic E-state index is 10.5. The van der Waals surface area contributed by atoms with Crippen molar-refractivity contribution in [1.29, 1.82) is 0 Å². The van der Waals surface area contributed by atoms with Crippen LogP contribution in [0.3, 0.4) is 0 Å². The van der Waals surface area contributed by atoms with Crippen molar-refractivity contribution >= 4 is 17.7 Å². The summed E-state index contributed by atoms with van der Waals surface area (Å²) in [5, 5.41) is 8.66. The molecule has 3 N–H and O–H groups in total. The molecule has 0 spiro atoms. The highest BCUT2D eigenvalue weighted by Gasteiger charge is 2.08. The summed E-state index contributed by atoms with van der Waals surface area (Å²) in [4.78, 5) is 14.6. The van der Waals surface area contributed by atoms with E-state index in [9.17, 15) is 4.79 Å². The maximum absolute atomic E-state index is 10.5. The molecule has 5 nitrogen and oxygen atoms in total. The van der Waals surface area contributed by atoms with Crippen LogP contribution >= 0.6 is 0 Å². The first-order valence-electron chi connectivity index (χ1n) is 6.37. The number of aliphatic carboxylic acids is 1. The molecule has 0 aliphatic carbocycles. The van der Waals surface area contributed by atoms with E-state index in [0.717, 1.165) is 22.8 Å². The number of hydrogen-bond donors (Lipinski definition) is 2. The fourth-order valence-corrected chi connectivity index (χ4v) is 1.97. The van der Waals surface area contributed by atoms with Crippen LogP contribution in [0, 0.1) is 13.8 Å². The fraction of sp³-hybridized carbons (Fsp3) is 0.125. The first-order valence-corrected chi connectivity index (χ1v) is 6.37. The zero-order valence-corrected chi connectivity index (χ0v) is 11.8. The number of anilines is 1. The number of pyridine rings is 1. The molecular weight excluding hydrogens is 268 g/mol. The summed E-state index contributed by atoms with van der Waals surface area (Å²) >= 11 is 0. The van der Waals surface area contributed by atoms with Gasteiger partial charge in [-0.15, -0.1) is 0 Å². The van der Waals surface area contributed by atoms with Crippen molar-refractivity contribution in [3.05, 3.63) is 53.2 Å². The van der Waals surface area contributed by atoms with Gasteiger partial charge >= 0.3 is 5.97 Å². The standard InChI is InChI=1S/C16H16N2O3/c1-10-7-12(3-6-15(19)20)8-11(2)16(10)21-14-5-4-13(17)9-18-14/h3-9H,17H2,1-2H3,(H,19,20)/b6-3+. The predicted molar refractivity (Wildman–Crippen MR) is 81.3 cm³/mol. The summed E-state index contributed by atoms with van der Waals surface area (Å²) in [6, 6.07) is 7.14. The molecule has 2 aromatic rings. The number of ether oxygens (including phenoxy) is 1. The van der Waals surface area contributed by atoms with Gasteiger partial charge in [-0.1, -0.05) is 0 Å². The zero-order valence-electron chi connectivity index (χ0n) is 11.8. The van der Waals surface area contributed by atoms with Crippen molar-refractivity contribution in [3.63, 3.8) is 0 Å². The first-order chi connectivity index (χ1) is 9.95. The number of aryl methyl sites for hydroxylation is 2. The third-order valence-corrected chi connectivity index (χ3v) is 2.87. The van der Waals surface area contributed by atoms with Gasteiger partial charge in [-0.25, -0.2) is 9.78 Å². The Labute approximate surface area is 122 Å². The highest BCUT2D eigenvalue weighted by atomic mass is 16.5. The molecule has 1 aromatic heterocycles. The number of carboxylic acid groups (broad SMARTS) is 1. The lowest BCUT2D eigenvalue weighted by molar-refractivity contribution is -0.131. The molecule has 5 heteroatoms. The van der Waals surface area contributed by atoms with E-state index < -0.39 is 5.97 Å². The van der Waals surface area contributed by atoms with Crippen molar-refractivity contribution in [3.8, 4) is 11.6 Å². The normalized spacial score (nSPS) is 10.8. The molecule has 0 saturated carbocycles. The van der Waals surface area contributed by atoms with Crippen LogP contribution in [-0.2, 0) is 4.79 Å². The molecule has 0 radical (unpaired) electrons. The van der Waals surface area contributed by atoms with Crippen LogP contribution in [0.1, 0.15) is 16.7 Å². The second kappa shape index (κ2) is 6.09. The Morgan fingerprint density at radius 1 is 1.29 bits per heavy atom. The maximum Gasteiger partial charge on any atom is 0.328 e. The Morgan fingerprint density at radius 2 is 1.95 bits per heavy atom. The number of benzene rings is 1. The van der Waals surface area contributed by atoms with Crippen molar-refractivity contribution in [2.75, 3.05) is 5.73 Å². The summed E-state index contributed by atoms with van der Waals surface area (Å²) in [6.45, 7) is 3.80. The summed E-state index contributed by atoms with van der Waals surface area (Å²) < 4.78 is 5.77. The van der Waals surface area contributed by atoms with Crippen molar-refractivity contribution in [2.45, 2.75) is 13.8 Å². The number of rotatable bonds is 4. The van der Waals surface area contributed by atoms with E-state index in [0.29, 0.717) is 17.3 Å². The Kier molecular flexibility index (Phi) is 4.23. The number of aromatic nitrogens is 1. The van der Waals surface area contributed by atoms with Gasteiger partial charge in [0.15, 0.2) is 0 Å². The van der Waals surface area contributed by atoms with Gasteiger partial charge in [0, 0.05) is 12.1 Å². The van der Waals surface area contributed by atoms with Gasteiger partial charge in [0.1, 0.15) is 5.75 Å². The molecule has 0 saturated heterocycles. The Bertz CT molecular complexity index is 668. The van der Waals surface area contributed by atoms with Crippen LogP contribution in [0.15, 0.2) is 36.5 Å². The van der Waals surface area contributed by atoms with Crippen molar-refractivity contribution < 1.29 is 14.6 Å². The van der Waals surface area contributed by atoms with E-state index in [1.54, 1.807) is 18.2 Å². The Balaban J connectivity index is 2.28. The molecule has 0 fully saturated rings. The number of carboxylic acids is 1. The molecule has 0 aliphatic heterocycles. The van der Waals surface area contributed by atoms with E-state index in [-0.39, 0.29) is 0 Å². The second-order valence-corrected chi connectivity index (χ2v) is 4.69. The molecule has 0 unspecified atom stereocenters. The molecule has 1 heterocycles. The van der Waals surface area contributed by atoms with Gasteiger partial charge in [0.2, 0.25) is 5.88 Å². The minimum Gasteiger partial charge on any atom is -0.478 e. The largest absolute Gasteiger partial charge is 0.478 e. The second-order valence-electron chi connectivity index (χ2n) is 4.69. The van der Waals surface area contributed by atoms with E-state index in [4.69, 9.17) is 15.6 Å². The van der Waals surface area contributed by atoms with Crippen molar-refractivity contribution in [1.82, 2.24) is 4.98 Å². The van der Waals surface area contributed by atoms with E-state index >= 15 is 0 Å². The summed E-state index contributed by atoms with van der Waals surface area (Å²) in [6.07, 6.45) is 4.19. The van der Waals surface area contributed by atoms with Crippen LogP contribution in [0.4, 0.5) is 5.69 Å². The topological polar surface area (TPSA) is 85.4 Å². The van der Waals surface area contributed by atoms with E-state index in [1.807, 2.05) is 26.0 Å². The molecule has 21 heavy (non-hydrogen) atoms. The van der Waals surface area contributed by atoms with Gasteiger partial charge < -0.3 is 15.6 Å². The lowest BCUT2D eigenvalue weighted by Gasteiger charge is -2.12. The quantitative estimate of drug-likeness (QED) is 0.842. The molecule has 0 atom stereocenters. The lowest BCUT2D eigenvalue weighted by Crippen LogP contribution is -1.95. The molecule has 2 rings (SSSR count). The van der Waals surface area contributed by atoms with Crippen LogP contribution in [0.25, 0.3) is 6.08 Å². The Morgan fingerprint density at radius 3 is 2.48 bits per heavy atom. The van der Waals surface area contributed by atoms with Gasteiger partial charge in [-0.3, -0.25) is 0 Å². The predicted octanol–water partition coefficient (Wildman–Crippen LogP) is 3.17. The number of hydrogen-bond acceptors (Lipinski definition) is 4. The monoisotopic (exact) mass is 284 g/mol. The summed E-state index contributed by atoms with van der Waals surface area (Å²) in [5.74, 6) is 0.195. The van der Waals surface area contributed by atoms with Gasteiger partial charge in [0.25, 0.3) is 0 Å². The number of carbonyl (C=O) groups is 1. The third kappa shape index (κ3) is 3.82. The lowest BCUT2D eigenvalue weighted by atomic mass is 10.1. The highest BCUT2D eigenvalue weighted by molar-refractivity contribution is 5.85. The average Bonchev–Trinajstić information content (AvgIpc) is 2.42. The molecule has 0 bridgehead atoms. The molecule has 108 valence electrons. The van der Waals surface area contributed by atoms with Crippen LogP contribution in [0.2, 0.25) is 0 Å². The summed E-state index contributed by atoms with van der Waals surface area (Å²) in [5.41, 5.74) is 8.77. The van der Waals surface area contributed by atoms with E-state index in [2.05, 4.69) is 4.98 Å². The zero-order chi connectivity index (χ0) is 15.4. The number of nitrogen functional groups attached to an aromatic ring is 1. The van der Waals surface area contributed by atoms with Gasteiger partial charge in [0.05, 0.1) is 11.9 Å². The van der Waals surface area contributed by atoms with Crippen LogP contribution in [-0.4, -0.2) is 16.1 Å². The van der Waals surface area contributed by atoms with Gasteiger partial charge in [-0.2, -0.15) is 0 Å². The average molecular weight is 284 g/mol. The molecular formula is C16H16N2O3. The smallest absolute Gasteiger partial charge is 0.328 e. The minimum absolute atomic E-state index is 0.462. The number of nitrogens with zero attached hydrogens (tertiary/aromatic N) is 1. The molecule has 0 amide bonds. The van der Waals surface area contributed by atoms with Crippen LogP contribution in [0.5, 0.6) is 11.6 Å². The molecule has 0 aliphatic rings. The Hall–Kier alpha value is -2.82. The SMILES string of the molecule is Cc1cc(/C=C/C(=O)O)cc(C)c1Oc1ccc(N)cn1. The highest BCUT2D eigenvalue weighted by Crippen LogP contribution is 2.29.